The topological polar surface area (TPSA) is 111 Å². The van der Waals surface area contributed by atoms with Crippen molar-refractivity contribution in [1.29, 1.82) is 0 Å². The van der Waals surface area contributed by atoms with Crippen LogP contribution in [0, 0.1) is 16.0 Å². The summed E-state index contributed by atoms with van der Waals surface area (Å²) in [5.74, 6) is -1.68. The van der Waals surface area contributed by atoms with Gasteiger partial charge in [0.05, 0.1) is 4.92 Å². The Morgan fingerprint density at radius 3 is 2.31 bits per heavy atom. The normalized spacial score (nSPS) is 12.2. The highest BCUT2D eigenvalue weighted by atomic mass is 35.5. The van der Waals surface area contributed by atoms with E-state index in [1.54, 1.807) is 13.8 Å². The van der Waals surface area contributed by atoms with Crippen LogP contribution in [-0.4, -0.2) is 35.6 Å². The zero-order valence-electron chi connectivity index (χ0n) is 16.9. The van der Waals surface area contributed by atoms with Gasteiger partial charge in [-0.25, -0.2) is 0 Å². The van der Waals surface area contributed by atoms with Crippen molar-refractivity contribution >= 4 is 34.8 Å². The molecule has 0 fully saturated rings. The average molecular weight is 474 g/mol. The summed E-state index contributed by atoms with van der Waals surface area (Å²) < 4.78 is 41.2. The van der Waals surface area contributed by atoms with E-state index in [-0.39, 0.29) is 27.9 Å². The van der Waals surface area contributed by atoms with Crippen molar-refractivity contribution in [2.45, 2.75) is 26.1 Å². The first-order chi connectivity index (χ1) is 14.9. The highest BCUT2D eigenvalue weighted by Gasteiger charge is 2.28. The van der Waals surface area contributed by atoms with Crippen LogP contribution >= 0.6 is 11.6 Å². The van der Waals surface area contributed by atoms with Gasteiger partial charge in [-0.05, 0) is 42.3 Å². The smallest absolute Gasteiger partial charge is 0.422 e. The monoisotopic (exact) mass is 473 g/mol. The van der Waals surface area contributed by atoms with E-state index in [9.17, 15) is 32.9 Å². The minimum Gasteiger partial charge on any atom is -0.484 e. The zero-order chi connectivity index (χ0) is 24.1. The Hall–Kier alpha value is -3.34. The molecule has 0 radical (unpaired) electrons. The Labute approximate surface area is 185 Å². The Kier molecular flexibility index (Phi) is 8.03. The minimum absolute atomic E-state index is 0.0293. The van der Waals surface area contributed by atoms with E-state index in [2.05, 4.69) is 15.4 Å². The molecule has 32 heavy (non-hydrogen) atoms. The Morgan fingerprint density at radius 2 is 1.78 bits per heavy atom. The van der Waals surface area contributed by atoms with Crippen molar-refractivity contribution in [3.05, 3.63) is 63.2 Å². The van der Waals surface area contributed by atoms with Crippen molar-refractivity contribution in [2.75, 3.05) is 11.9 Å². The van der Waals surface area contributed by atoms with E-state index in [0.717, 1.165) is 6.07 Å². The molecule has 0 heterocycles. The average Bonchev–Trinajstić information content (AvgIpc) is 2.70. The molecule has 2 aromatic carbocycles. The van der Waals surface area contributed by atoms with Crippen LogP contribution in [0.15, 0.2) is 42.5 Å². The van der Waals surface area contributed by atoms with Crippen molar-refractivity contribution in [3.63, 3.8) is 0 Å². The van der Waals surface area contributed by atoms with Gasteiger partial charge in [-0.1, -0.05) is 25.4 Å². The summed E-state index contributed by atoms with van der Waals surface area (Å²) in [6.45, 7) is 1.93. The molecule has 0 bridgehead atoms. The van der Waals surface area contributed by atoms with E-state index in [4.69, 9.17) is 11.6 Å². The van der Waals surface area contributed by atoms with Gasteiger partial charge in [0.2, 0.25) is 5.91 Å². The second-order valence-corrected chi connectivity index (χ2v) is 7.44. The van der Waals surface area contributed by atoms with E-state index >= 15 is 0 Å². The molecule has 0 aliphatic carbocycles. The lowest BCUT2D eigenvalue weighted by molar-refractivity contribution is -0.384. The van der Waals surface area contributed by atoms with Gasteiger partial charge in [0.1, 0.15) is 16.8 Å². The number of hydrogen-bond acceptors (Lipinski definition) is 5. The summed E-state index contributed by atoms with van der Waals surface area (Å²) in [5, 5.41) is 16.0. The molecule has 0 aromatic heterocycles. The third kappa shape index (κ3) is 7.12. The lowest BCUT2D eigenvalue weighted by Crippen LogP contribution is -2.47. The highest BCUT2D eigenvalue weighted by molar-refractivity contribution is 6.32. The van der Waals surface area contributed by atoms with Gasteiger partial charge in [-0.3, -0.25) is 19.7 Å². The Morgan fingerprint density at radius 1 is 1.16 bits per heavy atom. The number of hydrogen-bond donors (Lipinski definition) is 2. The quantitative estimate of drug-likeness (QED) is 0.430. The molecule has 1 atom stereocenters. The van der Waals surface area contributed by atoms with Gasteiger partial charge in [0.15, 0.2) is 6.61 Å². The van der Waals surface area contributed by atoms with Crippen LogP contribution in [0.1, 0.15) is 24.2 Å². The standard InChI is InChI=1S/C20H19ClF3N3O5/c1-11(2)17(26-18(28)12-3-8-15(21)16(9-12)27(30)31)19(29)25-13-4-6-14(7-5-13)32-10-20(22,23)24/h3-9,11,17H,10H2,1-2H3,(H,25,29)(H,26,28). The van der Waals surface area contributed by atoms with Crippen LogP contribution in [0.4, 0.5) is 24.5 Å². The largest absolute Gasteiger partial charge is 0.484 e. The first kappa shape index (κ1) is 24.9. The maximum Gasteiger partial charge on any atom is 0.422 e. The third-order valence-corrected chi connectivity index (χ3v) is 4.48. The van der Waals surface area contributed by atoms with Crippen molar-refractivity contribution in [3.8, 4) is 5.75 Å². The zero-order valence-corrected chi connectivity index (χ0v) is 17.7. The van der Waals surface area contributed by atoms with E-state index < -0.39 is 41.3 Å². The number of ether oxygens (including phenoxy) is 1. The van der Waals surface area contributed by atoms with Gasteiger partial charge in [-0.2, -0.15) is 13.2 Å². The molecule has 1 unspecified atom stereocenters. The molecule has 8 nitrogen and oxygen atoms in total. The maximum atomic E-state index is 12.7. The molecule has 0 aliphatic heterocycles. The summed E-state index contributed by atoms with van der Waals surface area (Å²) in [6.07, 6.45) is -4.47. The highest BCUT2D eigenvalue weighted by Crippen LogP contribution is 2.25. The van der Waals surface area contributed by atoms with E-state index in [1.807, 2.05) is 0 Å². The number of anilines is 1. The molecule has 0 aliphatic rings. The molecule has 0 saturated carbocycles. The van der Waals surface area contributed by atoms with Crippen LogP contribution in [0.3, 0.4) is 0 Å². The van der Waals surface area contributed by atoms with Gasteiger partial charge in [0, 0.05) is 17.3 Å². The number of nitrogens with zero attached hydrogens (tertiary/aromatic N) is 1. The number of nitrogens with one attached hydrogen (secondary N) is 2. The molecular weight excluding hydrogens is 455 g/mol. The summed E-state index contributed by atoms with van der Waals surface area (Å²) in [7, 11) is 0. The predicted octanol–water partition coefficient (Wildman–Crippen LogP) is 4.58. The van der Waals surface area contributed by atoms with Crippen molar-refractivity contribution in [1.82, 2.24) is 5.32 Å². The maximum absolute atomic E-state index is 12.7. The number of amides is 2. The van der Waals surface area contributed by atoms with Gasteiger partial charge < -0.3 is 15.4 Å². The lowest BCUT2D eigenvalue weighted by Gasteiger charge is -2.22. The molecule has 12 heteroatoms. The number of carbonyl (C=O) groups excluding carboxylic acids is 2. The molecule has 0 spiro atoms. The number of nitro benzene ring substituents is 1. The minimum atomic E-state index is -4.47. The molecule has 2 aromatic rings. The van der Waals surface area contributed by atoms with Crippen LogP contribution < -0.4 is 15.4 Å². The second-order valence-electron chi connectivity index (χ2n) is 7.04. The lowest BCUT2D eigenvalue weighted by atomic mass is 10.0. The van der Waals surface area contributed by atoms with Gasteiger partial charge in [-0.15, -0.1) is 0 Å². The van der Waals surface area contributed by atoms with Crippen LogP contribution in [0.5, 0.6) is 5.75 Å². The fourth-order valence-electron chi connectivity index (χ4n) is 2.57. The molecule has 172 valence electrons. The molecule has 2 rings (SSSR count). The fraction of sp³-hybridized carbons (Fsp3) is 0.300. The number of carbonyl (C=O) groups is 2. The summed E-state index contributed by atoms with van der Waals surface area (Å²) in [5.41, 5.74) is -0.222. The van der Waals surface area contributed by atoms with Crippen molar-refractivity contribution < 1.29 is 32.4 Å². The number of alkyl halides is 3. The third-order valence-electron chi connectivity index (χ3n) is 4.17. The number of benzene rings is 2. The first-order valence-corrected chi connectivity index (χ1v) is 9.60. The first-order valence-electron chi connectivity index (χ1n) is 9.22. The number of nitro groups is 1. The molecule has 2 N–H and O–H groups in total. The predicted molar refractivity (Wildman–Crippen MR) is 111 cm³/mol. The van der Waals surface area contributed by atoms with Crippen LogP contribution in [0.2, 0.25) is 5.02 Å². The van der Waals surface area contributed by atoms with Crippen molar-refractivity contribution in [2.24, 2.45) is 5.92 Å². The van der Waals surface area contributed by atoms with E-state index in [1.165, 1.54) is 36.4 Å². The van der Waals surface area contributed by atoms with Crippen LogP contribution in [-0.2, 0) is 4.79 Å². The fourth-order valence-corrected chi connectivity index (χ4v) is 2.76. The second kappa shape index (κ2) is 10.3. The number of halogens is 4. The SMILES string of the molecule is CC(C)C(NC(=O)c1ccc(Cl)c([N+](=O)[O-])c1)C(=O)Nc1ccc(OCC(F)(F)F)cc1. The summed E-state index contributed by atoms with van der Waals surface area (Å²) >= 11 is 5.74. The molecular formula is C20H19ClF3N3O5. The Balaban J connectivity index is 2.07. The van der Waals surface area contributed by atoms with E-state index in [0.29, 0.717) is 0 Å². The summed E-state index contributed by atoms with van der Waals surface area (Å²) in [4.78, 5) is 35.5. The van der Waals surface area contributed by atoms with Gasteiger partial charge >= 0.3 is 6.18 Å². The Bertz CT molecular complexity index is 997. The number of rotatable bonds is 8. The van der Waals surface area contributed by atoms with Crippen LogP contribution in [0.25, 0.3) is 0 Å². The summed E-state index contributed by atoms with van der Waals surface area (Å²) in [6, 6.07) is 7.73. The molecule has 2 amide bonds. The van der Waals surface area contributed by atoms with Gasteiger partial charge in [0.25, 0.3) is 11.6 Å². The molecule has 0 saturated heterocycles.